The molecule has 38 heavy (non-hydrogen) atoms. The van der Waals surface area contributed by atoms with Crippen LogP contribution in [0.4, 0.5) is 19.1 Å². The van der Waals surface area contributed by atoms with Crippen molar-refractivity contribution in [3.63, 3.8) is 0 Å². The minimum Gasteiger partial charge on any atom is -0.394 e. The number of aliphatic imine (C=N–C) groups is 1. The predicted molar refractivity (Wildman–Crippen MR) is 139 cm³/mol. The second kappa shape index (κ2) is 12.9. The molecule has 16 heteroatoms. The molecule has 1 aliphatic rings. The SMILES string of the molecule is CSS[C@@H](C)O[C@@H]1C[C@H](n2cc(C#CCNC(=O)C(F)(F)F)c3c(=O)[nH]c(N=CN(C)C)nc32)O[C@@H]1CO. The number of carbonyl (C=O) groups is 1. The number of aromatic amines is 1. The van der Waals surface area contributed by atoms with Crippen LogP contribution in [0.2, 0.25) is 0 Å². The maximum atomic E-state index is 13.0. The summed E-state index contributed by atoms with van der Waals surface area (Å²) in [7, 11) is 6.54. The Bertz CT molecular complexity index is 1290. The molecular weight excluding hydrogens is 549 g/mol. The number of halogens is 3. The summed E-state index contributed by atoms with van der Waals surface area (Å²) in [6.07, 6.45) is -1.61. The zero-order chi connectivity index (χ0) is 28.0. The van der Waals surface area contributed by atoms with E-state index in [0.717, 1.165) is 0 Å². The van der Waals surface area contributed by atoms with Gasteiger partial charge in [0.15, 0.2) is 5.65 Å². The maximum absolute atomic E-state index is 13.0. The summed E-state index contributed by atoms with van der Waals surface area (Å²) in [4.78, 5) is 36.8. The number of aliphatic hydroxyl groups is 1. The van der Waals surface area contributed by atoms with E-state index < -0.39 is 42.6 Å². The molecule has 4 atom stereocenters. The first-order valence-electron chi connectivity index (χ1n) is 11.2. The molecule has 1 saturated heterocycles. The van der Waals surface area contributed by atoms with Crippen molar-refractivity contribution < 1.29 is 32.5 Å². The molecule has 3 N–H and O–H groups in total. The molecule has 0 unspecified atom stereocenters. The van der Waals surface area contributed by atoms with Crippen molar-refractivity contribution in [1.29, 1.82) is 0 Å². The summed E-state index contributed by atoms with van der Waals surface area (Å²) >= 11 is 0. The molecule has 2 aromatic heterocycles. The first-order valence-corrected chi connectivity index (χ1v) is 13.9. The van der Waals surface area contributed by atoms with Crippen LogP contribution in [0, 0.1) is 11.8 Å². The summed E-state index contributed by atoms with van der Waals surface area (Å²) < 4.78 is 50.9. The lowest BCUT2D eigenvalue weighted by atomic mass is 10.2. The maximum Gasteiger partial charge on any atom is 0.471 e. The number of hydrogen-bond acceptors (Lipinski definition) is 9. The van der Waals surface area contributed by atoms with Crippen LogP contribution in [0.5, 0.6) is 0 Å². The number of nitrogens with one attached hydrogen (secondary N) is 2. The molecule has 208 valence electrons. The Morgan fingerprint density at radius 2 is 2.26 bits per heavy atom. The van der Waals surface area contributed by atoms with Gasteiger partial charge in [-0.3, -0.25) is 14.6 Å². The number of hydrogen-bond donors (Lipinski definition) is 3. The molecule has 3 rings (SSSR count). The number of nitrogens with zero attached hydrogens (tertiary/aromatic N) is 4. The van der Waals surface area contributed by atoms with Gasteiger partial charge in [0.25, 0.3) is 5.56 Å². The van der Waals surface area contributed by atoms with Crippen LogP contribution in [0.1, 0.15) is 25.1 Å². The van der Waals surface area contributed by atoms with Gasteiger partial charge in [-0.25, -0.2) is 4.99 Å². The summed E-state index contributed by atoms with van der Waals surface area (Å²) in [5.74, 6) is 2.96. The minimum absolute atomic E-state index is 0.0157. The van der Waals surface area contributed by atoms with E-state index >= 15 is 0 Å². The number of aliphatic hydroxyl groups excluding tert-OH is 1. The Labute approximate surface area is 223 Å². The van der Waals surface area contributed by atoms with Gasteiger partial charge in [0.1, 0.15) is 17.8 Å². The monoisotopic (exact) mass is 576 g/mol. The third-order valence-corrected chi connectivity index (χ3v) is 7.13. The van der Waals surface area contributed by atoms with E-state index in [-0.39, 0.29) is 34.6 Å². The van der Waals surface area contributed by atoms with E-state index in [4.69, 9.17) is 9.47 Å². The third-order valence-electron chi connectivity index (χ3n) is 5.17. The second-order valence-corrected chi connectivity index (χ2v) is 11.0. The lowest BCUT2D eigenvalue weighted by molar-refractivity contribution is -0.173. The highest BCUT2D eigenvalue weighted by molar-refractivity contribution is 8.76. The number of rotatable bonds is 9. The molecule has 2 aromatic rings. The normalized spacial score (nSPS) is 20.5. The van der Waals surface area contributed by atoms with Crippen LogP contribution in [-0.2, 0) is 14.3 Å². The number of carbonyl (C=O) groups excluding carboxylic acids is 1. The van der Waals surface area contributed by atoms with Gasteiger partial charge < -0.3 is 29.4 Å². The molecule has 1 amide bonds. The molecule has 0 saturated carbocycles. The van der Waals surface area contributed by atoms with Crippen LogP contribution in [-0.4, -0.2) is 94.1 Å². The molecule has 0 aromatic carbocycles. The molecule has 11 nitrogen and oxygen atoms in total. The van der Waals surface area contributed by atoms with Crippen LogP contribution in [0.25, 0.3) is 11.0 Å². The highest BCUT2D eigenvalue weighted by Gasteiger charge is 2.39. The highest BCUT2D eigenvalue weighted by atomic mass is 33.1. The molecule has 0 aliphatic carbocycles. The molecular formula is C22H27F3N6O5S2. The molecule has 1 aliphatic heterocycles. The van der Waals surface area contributed by atoms with Crippen molar-refractivity contribution in [2.24, 2.45) is 4.99 Å². The van der Waals surface area contributed by atoms with Crippen molar-refractivity contribution in [3.05, 3.63) is 22.1 Å². The first-order chi connectivity index (χ1) is 17.9. The van der Waals surface area contributed by atoms with Gasteiger partial charge in [-0.15, -0.1) is 0 Å². The van der Waals surface area contributed by atoms with Gasteiger partial charge in [0.05, 0.1) is 36.5 Å². The molecule has 1 fully saturated rings. The number of aromatic nitrogens is 3. The summed E-state index contributed by atoms with van der Waals surface area (Å²) in [6.45, 7) is 0.999. The van der Waals surface area contributed by atoms with Gasteiger partial charge in [0, 0.05) is 26.7 Å². The summed E-state index contributed by atoms with van der Waals surface area (Å²) in [5, 5.41) is 11.6. The Kier molecular flexibility index (Phi) is 10.1. The zero-order valence-corrected chi connectivity index (χ0v) is 22.5. The topological polar surface area (TPSA) is 134 Å². The quantitative estimate of drug-likeness (QED) is 0.135. The summed E-state index contributed by atoms with van der Waals surface area (Å²) in [6, 6.07) is 0. The number of H-pyrrole nitrogens is 1. The Balaban J connectivity index is 1.99. The fourth-order valence-electron chi connectivity index (χ4n) is 3.64. The fourth-order valence-corrected chi connectivity index (χ4v) is 5.04. The van der Waals surface area contributed by atoms with E-state index in [1.165, 1.54) is 23.3 Å². The minimum atomic E-state index is -5.03. The lowest BCUT2D eigenvalue weighted by Gasteiger charge is -2.20. The Hall–Kier alpha value is -2.71. The van der Waals surface area contributed by atoms with Crippen molar-refractivity contribution in [3.8, 4) is 11.8 Å². The van der Waals surface area contributed by atoms with E-state index in [0.29, 0.717) is 6.42 Å². The van der Waals surface area contributed by atoms with E-state index in [1.54, 1.807) is 39.7 Å². The van der Waals surface area contributed by atoms with Gasteiger partial charge in [-0.1, -0.05) is 33.4 Å². The average molecular weight is 577 g/mol. The standard InChI is InChI=1S/C22H27F3N6O5S2/c1-12(38-37-4)35-14-8-16(36-15(14)10-32)31-9-13(6-5-7-26-20(34)22(23,24)25)17-18(31)28-21(29-19(17)33)27-11-30(2)3/h9,11-12,14-16,32H,7-8,10H2,1-4H3,(H,26,34)(H,28,29,33)/t12-,14+,15+,16+/m0/s1. The van der Waals surface area contributed by atoms with Crippen LogP contribution in [0.3, 0.4) is 0 Å². The molecule has 0 spiro atoms. The molecule has 3 heterocycles. The Morgan fingerprint density at radius 1 is 1.53 bits per heavy atom. The second-order valence-electron chi connectivity index (χ2n) is 8.28. The fraction of sp³-hybridized carbons (Fsp3) is 0.545. The summed E-state index contributed by atoms with van der Waals surface area (Å²) in [5.41, 5.74) is -0.401. The average Bonchev–Trinajstić information content (AvgIpc) is 3.41. The Morgan fingerprint density at radius 3 is 2.89 bits per heavy atom. The van der Waals surface area contributed by atoms with Gasteiger partial charge in [-0.05, 0) is 13.2 Å². The number of fused-ring (bicyclic) bond motifs is 1. The van der Waals surface area contributed by atoms with Crippen LogP contribution >= 0.6 is 21.6 Å². The largest absolute Gasteiger partial charge is 0.471 e. The third kappa shape index (κ3) is 7.44. The number of alkyl halides is 3. The first kappa shape index (κ1) is 29.8. The number of ether oxygens (including phenoxy) is 2. The smallest absolute Gasteiger partial charge is 0.394 e. The lowest BCUT2D eigenvalue weighted by Crippen LogP contribution is -2.36. The predicted octanol–water partition coefficient (Wildman–Crippen LogP) is 2.00. The van der Waals surface area contributed by atoms with Crippen molar-refractivity contribution >= 4 is 50.8 Å². The van der Waals surface area contributed by atoms with Crippen molar-refractivity contribution in [2.75, 3.05) is 33.5 Å². The van der Waals surface area contributed by atoms with E-state index in [1.807, 2.05) is 13.2 Å². The van der Waals surface area contributed by atoms with E-state index in [9.17, 15) is 27.9 Å². The zero-order valence-electron chi connectivity index (χ0n) is 20.9. The molecule has 0 bridgehead atoms. The van der Waals surface area contributed by atoms with Crippen LogP contribution in [0.15, 0.2) is 16.0 Å². The highest BCUT2D eigenvalue weighted by Crippen LogP contribution is 2.36. The van der Waals surface area contributed by atoms with Gasteiger partial charge in [-0.2, -0.15) is 18.2 Å². The van der Waals surface area contributed by atoms with Gasteiger partial charge in [0.2, 0.25) is 5.95 Å². The molecule has 0 radical (unpaired) electrons. The van der Waals surface area contributed by atoms with Crippen LogP contribution < -0.4 is 10.9 Å². The van der Waals surface area contributed by atoms with E-state index in [2.05, 4.69) is 26.8 Å². The van der Waals surface area contributed by atoms with Crippen molar-refractivity contribution in [1.82, 2.24) is 24.8 Å². The number of amides is 1. The van der Waals surface area contributed by atoms with Gasteiger partial charge >= 0.3 is 12.1 Å². The van der Waals surface area contributed by atoms with Crippen molar-refractivity contribution in [2.45, 2.75) is 43.4 Å².